The molecule has 2 rings (SSSR count). The second-order valence-corrected chi connectivity index (χ2v) is 5.25. The van der Waals surface area contributed by atoms with Gasteiger partial charge in [0.2, 0.25) is 0 Å². The van der Waals surface area contributed by atoms with E-state index in [4.69, 9.17) is 0 Å². The molecule has 2 aliphatic heterocycles. The first-order valence-corrected chi connectivity index (χ1v) is 6.37. The van der Waals surface area contributed by atoms with Gasteiger partial charge < -0.3 is 5.32 Å². The molecule has 0 radical (unpaired) electrons. The largest absolute Gasteiger partial charge is 0.312 e. The summed E-state index contributed by atoms with van der Waals surface area (Å²) in [6, 6.07) is 0.727. The van der Waals surface area contributed by atoms with Crippen LogP contribution in [0.5, 0.6) is 0 Å². The quantitative estimate of drug-likeness (QED) is 0.699. The van der Waals surface area contributed by atoms with Gasteiger partial charge in [-0.1, -0.05) is 18.6 Å². The molecule has 15 heavy (non-hydrogen) atoms. The fourth-order valence-corrected chi connectivity index (χ4v) is 2.78. The molecule has 0 spiro atoms. The molecule has 0 aromatic rings. The molecule has 0 bridgehead atoms. The summed E-state index contributed by atoms with van der Waals surface area (Å²) in [7, 11) is 0. The van der Waals surface area contributed by atoms with Crippen molar-refractivity contribution < 1.29 is 0 Å². The lowest BCUT2D eigenvalue weighted by Gasteiger charge is -2.36. The maximum absolute atomic E-state index is 3.67. The zero-order valence-electron chi connectivity index (χ0n) is 10.1. The molecule has 2 atom stereocenters. The third kappa shape index (κ3) is 3.05. The van der Waals surface area contributed by atoms with Crippen molar-refractivity contribution in [3.63, 3.8) is 0 Å². The number of hydrogen-bond acceptors (Lipinski definition) is 2. The Morgan fingerprint density at radius 1 is 1.53 bits per heavy atom. The van der Waals surface area contributed by atoms with E-state index in [1.54, 1.807) is 5.57 Å². The van der Waals surface area contributed by atoms with Crippen molar-refractivity contribution in [1.29, 1.82) is 0 Å². The topological polar surface area (TPSA) is 15.3 Å². The number of rotatable bonds is 2. The Kier molecular flexibility index (Phi) is 3.81. The molecule has 0 aromatic heterocycles. The first-order chi connectivity index (χ1) is 7.25. The normalized spacial score (nSPS) is 33.9. The molecule has 2 nitrogen and oxygen atoms in total. The summed E-state index contributed by atoms with van der Waals surface area (Å²) in [4.78, 5) is 2.61. The van der Waals surface area contributed by atoms with Gasteiger partial charge in [0.15, 0.2) is 0 Å². The fourth-order valence-electron chi connectivity index (χ4n) is 2.78. The highest BCUT2D eigenvalue weighted by atomic mass is 15.2. The molecule has 2 heterocycles. The minimum absolute atomic E-state index is 0.727. The van der Waals surface area contributed by atoms with Crippen LogP contribution in [0.4, 0.5) is 0 Å². The van der Waals surface area contributed by atoms with E-state index in [1.807, 2.05) is 0 Å². The average molecular weight is 208 g/mol. The second-order valence-electron chi connectivity index (χ2n) is 5.25. The van der Waals surface area contributed by atoms with E-state index in [9.17, 15) is 0 Å². The zero-order chi connectivity index (χ0) is 10.7. The number of nitrogens with zero attached hydrogens (tertiary/aromatic N) is 1. The summed E-state index contributed by atoms with van der Waals surface area (Å²) in [5, 5.41) is 3.67. The number of nitrogens with one attached hydrogen (secondary N) is 1. The molecule has 0 aromatic carbocycles. The Labute approximate surface area is 93.7 Å². The van der Waals surface area contributed by atoms with Crippen LogP contribution in [-0.2, 0) is 0 Å². The smallest absolute Gasteiger partial charge is 0.0220 e. The van der Waals surface area contributed by atoms with Crippen LogP contribution in [0.3, 0.4) is 0 Å². The van der Waals surface area contributed by atoms with E-state index in [0.717, 1.165) is 12.0 Å². The summed E-state index contributed by atoms with van der Waals surface area (Å²) in [6.07, 6.45) is 6.39. The van der Waals surface area contributed by atoms with Crippen molar-refractivity contribution in [3.05, 3.63) is 11.6 Å². The van der Waals surface area contributed by atoms with Crippen LogP contribution in [0.1, 0.15) is 33.1 Å². The maximum Gasteiger partial charge on any atom is 0.0220 e. The molecule has 2 unspecified atom stereocenters. The standard InChI is InChI=1S/C13H24N2/c1-11-5-4-8-15(9-11)10-13-12(2)6-3-7-14-13/h5,12-14H,3-4,6-10H2,1-2H3. The SMILES string of the molecule is CC1=CCCN(CC2NCCCC2C)C1. The van der Waals surface area contributed by atoms with Crippen molar-refractivity contribution in [2.45, 2.75) is 39.2 Å². The van der Waals surface area contributed by atoms with Gasteiger partial charge in [-0.15, -0.1) is 0 Å². The second kappa shape index (κ2) is 5.13. The summed E-state index contributed by atoms with van der Waals surface area (Å²) in [6.45, 7) is 9.55. The van der Waals surface area contributed by atoms with Gasteiger partial charge in [0.1, 0.15) is 0 Å². The molecular weight excluding hydrogens is 184 g/mol. The zero-order valence-corrected chi connectivity index (χ0v) is 10.1. The van der Waals surface area contributed by atoms with Gasteiger partial charge in [0, 0.05) is 25.7 Å². The average Bonchev–Trinajstić information content (AvgIpc) is 2.22. The number of piperidine rings is 1. The Bertz CT molecular complexity index is 235. The summed E-state index contributed by atoms with van der Waals surface area (Å²) >= 11 is 0. The van der Waals surface area contributed by atoms with E-state index in [2.05, 4.69) is 30.1 Å². The highest BCUT2D eigenvalue weighted by Gasteiger charge is 2.23. The van der Waals surface area contributed by atoms with E-state index in [0.29, 0.717) is 0 Å². The molecule has 1 saturated heterocycles. The predicted octanol–water partition coefficient (Wildman–Crippen LogP) is 2.03. The molecule has 2 heteroatoms. The van der Waals surface area contributed by atoms with Gasteiger partial charge in [0.25, 0.3) is 0 Å². The van der Waals surface area contributed by atoms with Crippen molar-refractivity contribution in [1.82, 2.24) is 10.2 Å². The van der Waals surface area contributed by atoms with Crippen molar-refractivity contribution in [3.8, 4) is 0 Å². The maximum atomic E-state index is 3.67. The summed E-state index contributed by atoms with van der Waals surface area (Å²) in [5.74, 6) is 0.852. The van der Waals surface area contributed by atoms with Crippen LogP contribution in [0.15, 0.2) is 11.6 Å². The van der Waals surface area contributed by atoms with Crippen LogP contribution in [0.2, 0.25) is 0 Å². The lowest BCUT2D eigenvalue weighted by molar-refractivity contribution is 0.198. The Balaban J connectivity index is 1.83. The van der Waals surface area contributed by atoms with E-state index in [1.165, 1.54) is 45.4 Å². The highest BCUT2D eigenvalue weighted by Crippen LogP contribution is 2.18. The van der Waals surface area contributed by atoms with Crippen LogP contribution in [-0.4, -0.2) is 37.1 Å². The third-order valence-corrected chi connectivity index (χ3v) is 3.80. The summed E-state index contributed by atoms with van der Waals surface area (Å²) < 4.78 is 0. The van der Waals surface area contributed by atoms with E-state index >= 15 is 0 Å². The van der Waals surface area contributed by atoms with Crippen LogP contribution >= 0.6 is 0 Å². The van der Waals surface area contributed by atoms with Crippen molar-refractivity contribution >= 4 is 0 Å². The molecule has 0 aliphatic carbocycles. The molecule has 2 aliphatic rings. The molecular formula is C13H24N2. The predicted molar refractivity (Wildman–Crippen MR) is 65.0 cm³/mol. The Morgan fingerprint density at radius 3 is 3.13 bits per heavy atom. The minimum Gasteiger partial charge on any atom is -0.312 e. The molecule has 1 N–H and O–H groups in total. The molecule has 0 saturated carbocycles. The fraction of sp³-hybridized carbons (Fsp3) is 0.846. The number of hydrogen-bond donors (Lipinski definition) is 1. The van der Waals surface area contributed by atoms with E-state index < -0.39 is 0 Å². The Morgan fingerprint density at radius 2 is 2.40 bits per heavy atom. The monoisotopic (exact) mass is 208 g/mol. The van der Waals surface area contributed by atoms with Crippen LogP contribution in [0.25, 0.3) is 0 Å². The van der Waals surface area contributed by atoms with Crippen LogP contribution in [0, 0.1) is 5.92 Å². The highest BCUT2D eigenvalue weighted by molar-refractivity contribution is 5.05. The third-order valence-electron chi connectivity index (χ3n) is 3.80. The van der Waals surface area contributed by atoms with Gasteiger partial charge >= 0.3 is 0 Å². The Hall–Kier alpha value is -0.340. The van der Waals surface area contributed by atoms with Crippen LogP contribution < -0.4 is 5.32 Å². The van der Waals surface area contributed by atoms with Crippen molar-refractivity contribution in [2.75, 3.05) is 26.2 Å². The first kappa shape index (κ1) is 11.2. The lowest BCUT2D eigenvalue weighted by atomic mass is 9.92. The molecule has 1 fully saturated rings. The first-order valence-electron chi connectivity index (χ1n) is 6.37. The lowest BCUT2D eigenvalue weighted by Crippen LogP contribution is -2.48. The van der Waals surface area contributed by atoms with Gasteiger partial charge in [-0.25, -0.2) is 0 Å². The summed E-state index contributed by atoms with van der Waals surface area (Å²) in [5.41, 5.74) is 1.55. The molecule has 0 amide bonds. The van der Waals surface area contributed by atoms with E-state index in [-0.39, 0.29) is 0 Å². The minimum atomic E-state index is 0.727. The van der Waals surface area contributed by atoms with Gasteiger partial charge in [-0.05, 0) is 38.6 Å². The van der Waals surface area contributed by atoms with Gasteiger partial charge in [-0.2, -0.15) is 0 Å². The molecule has 86 valence electrons. The van der Waals surface area contributed by atoms with Gasteiger partial charge in [0.05, 0.1) is 0 Å². The van der Waals surface area contributed by atoms with Gasteiger partial charge in [-0.3, -0.25) is 4.90 Å². The van der Waals surface area contributed by atoms with Crippen molar-refractivity contribution in [2.24, 2.45) is 5.92 Å².